The van der Waals surface area contributed by atoms with E-state index in [1.165, 1.54) is 0 Å². The van der Waals surface area contributed by atoms with Crippen LogP contribution in [0.1, 0.15) is 10.5 Å². The number of amides is 1. The summed E-state index contributed by atoms with van der Waals surface area (Å²) in [5.74, 6) is -1.04. The lowest BCUT2D eigenvalue weighted by molar-refractivity contribution is -0.112. The number of hydrogen-bond donors (Lipinski definition) is 2. The van der Waals surface area contributed by atoms with Crippen LogP contribution in [0.2, 0.25) is 0 Å². The molecule has 0 radical (unpaired) electrons. The highest BCUT2D eigenvalue weighted by atomic mass is 32.1. The fraction of sp³-hybridized carbons (Fsp3) is 0. The third-order valence-electron chi connectivity index (χ3n) is 2.70. The average Bonchev–Trinajstić information content (AvgIpc) is 3.46. The standard InChI is InChI=1S/C6H4N2O2.3C4H4S/c9-5-4-3(1-2-7-4)8-6(5)10;3*1-2-4-5-3-1/h1-2,7H,(H,8,9,10);3*1-4H. The van der Waals surface area contributed by atoms with Crippen molar-refractivity contribution in [1.29, 1.82) is 0 Å². The molecule has 5 heterocycles. The number of carbonyl (C=O) groups is 2. The van der Waals surface area contributed by atoms with Crippen LogP contribution >= 0.6 is 34.0 Å². The predicted octanol–water partition coefficient (Wildman–Crippen LogP) is 5.39. The Balaban J connectivity index is 0.000000129. The summed E-state index contributed by atoms with van der Waals surface area (Å²) >= 11 is 5.14. The number of thiophene rings is 3. The lowest BCUT2D eigenvalue weighted by atomic mass is 10.3. The number of fused-ring (bicyclic) bond motifs is 1. The molecule has 0 fully saturated rings. The van der Waals surface area contributed by atoms with Crippen LogP contribution in [0, 0.1) is 0 Å². The SMILES string of the molecule is O=C1Nc2cc[nH]c2C1=O.c1ccsc1.c1ccsc1.c1ccsc1. The number of H-pyrrole nitrogens is 1. The van der Waals surface area contributed by atoms with E-state index in [9.17, 15) is 9.59 Å². The van der Waals surface area contributed by atoms with Crippen LogP contribution in [0.15, 0.2) is 80.9 Å². The van der Waals surface area contributed by atoms with Gasteiger partial charge in [-0.15, -0.1) is 0 Å². The van der Waals surface area contributed by atoms with Crippen LogP contribution in [0.3, 0.4) is 0 Å². The minimum atomic E-state index is -0.554. The van der Waals surface area contributed by atoms with Gasteiger partial charge in [-0.2, -0.15) is 34.0 Å². The fourth-order valence-electron chi connectivity index (χ4n) is 1.63. The van der Waals surface area contributed by atoms with Crippen molar-refractivity contribution in [1.82, 2.24) is 4.98 Å². The van der Waals surface area contributed by atoms with E-state index in [4.69, 9.17) is 0 Å². The molecule has 1 aliphatic heterocycles. The van der Waals surface area contributed by atoms with Gasteiger partial charge >= 0.3 is 0 Å². The lowest BCUT2D eigenvalue weighted by Gasteiger charge is -1.83. The topological polar surface area (TPSA) is 62.0 Å². The third kappa shape index (κ3) is 6.88. The number of Topliss-reactive ketones (excluding diaryl/α,β-unsaturated/α-hetero) is 1. The Kier molecular flexibility index (Phi) is 8.40. The van der Waals surface area contributed by atoms with Gasteiger partial charge in [0.15, 0.2) is 0 Å². The predicted molar refractivity (Wildman–Crippen MR) is 107 cm³/mol. The molecule has 0 aliphatic carbocycles. The molecule has 7 heteroatoms. The second-order valence-corrected chi connectivity index (χ2v) is 6.88. The first kappa shape index (κ1) is 18.9. The molecule has 0 aromatic carbocycles. The number of aromatic nitrogens is 1. The number of ketones is 1. The van der Waals surface area contributed by atoms with Gasteiger partial charge in [-0.3, -0.25) is 9.59 Å². The van der Waals surface area contributed by atoms with Gasteiger partial charge in [-0.05, 0) is 38.3 Å². The van der Waals surface area contributed by atoms with Crippen LogP contribution in [0.25, 0.3) is 0 Å². The van der Waals surface area contributed by atoms with Crippen LogP contribution in [0.5, 0.6) is 0 Å². The van der Waals surface area contributed by atoms with E-state index in [-0.39, 0.29) is 0 Å². The molecule has 0 unspecified atom stereocenters. The van der Waals surface area contributed by atoms with Gasteiger partial charge in [-0.25, -0.2) is 0 Å². The molecule has 0 saturated heterocycles. The quantitative estimate of drug-likeness (QED) is 0.397. The second-order valence-electron chi connectivity index (χ2n) is 4.43. The third-order valence-corrected chi connectivity index (χ3v) is 4.59. The largest absolute Gasteiger partial charge is 0.357 e. The number of hydrogen-bond acceptors (Lipinski definition) is 5. The molecule has 0 saturated carbocycles. The molecular weight excluding hydrogens is 372 g/mol. The molecule has 5 rings (SSSR count). The van der Waals surface area contributed by atoms with Crippen LogP contribution < -0.4 is 5.32 Å². The average molecular weight is 389 g/mol. The first-order valence-electron chi connectivity index (χ1n) is 7.23. The number of nitrogens with one attached hydrogen (secondary N) is 2. The van der Waals surface area contributed by atoms with Gasteiger partial charge in [-0.1, -0.05) is 36.4 Å². The smallest absolute Gasteiger partial charge is 0.298 e. The normalized spacial score (nSPS) is 10.9. The summed E-state index contributed by atoms with van der Waals surface area (Å²) < 4.78 is 0. The fourth-order valence-corrected chi connectivity index (χ4v) is 3.00. The summed E-state index contributed by atoms with van der Waals surface area (Å²) in [5.41, 5.74) is 0.944. The minimum Gasteiger partial charge on any atom is -0.357 e. The van der Waals surface area contributed by atoms with Gasteiger partial charge in [0.1, 0.15) is 5.69 Å². The molecule has 1 aliphatic rings. The van der Waals surface area contributed by atoms with Gasteiger partial charge in [0, 0.05) is 6.20 Å². The summed E-state index contributed by atoms with van der Waals surface area (Å²) in [6.45, 7) is 0. The van der Waals surface area contributed by atoms with E-state index in [0.717, 1.165) is 0 Å². The highest BCUT2D eigenvalue weighted by Crippen LogP contribution is 2.19. The Morgan fingerprint density at radius 3 is 1.44 bits per heavy atom. The molecule has 4 aromatic rings. The molecular formula is C18H16N2O2S3. The molecule has 128 valence electrons. The molecule has 1 amide bonds. The van der Waals surface area contributed by atoms with E-state index in [2.05, 4.69) is 10.3 Å². The highest BCUT2D eigenvalue weighted by molar-refractivity contribution is 7.08. The van der Waals surface area contributed by atoms with Gasteiger partial charge in [0.05, 0.1) is 5.69 Å². The van der Waals surface area contributed by atoms with Crippen molar-refractivity contribution in [2.45, 2.75) is 0 Å². The summed E-state index contributed by atoms with van der Waals surface area (Å²) in [6.07, 6.45) is 1.61. The van der Waals surface area contributed by atoms with E-state index >= 15 is 0 Å². The molecule has 25 heavy (non-hydrogen) atoms. The van der Waals surface area contributed by atoms with Crippen molar-refractivity contribution >= 4 is 51.4 Å². The van der Waals surface area contributed by atoms with Crippen LogP contribution in [-0.4, -0.2) is 16.7 Å². The number of anilines is 1. The zero-order valence-corrected chi connectivity index (χ0v) is 15.6. The van der Waals surface area contributed by atoms with E-state index in [1.54, 1.807) is 46.3 Å². The number of rotatable bonds is 0. The van der Waals surface area contributed by atoms with E-state index < -0.39 is 11.7 Å². The Morgan fingerprint density at radius 1 is 0.680 bits per heavy atom. The monoisotopic (exact) mass is 388 g/mol. The van der Waals surface area contributed by atoms with Crippen molar-refractivity contribution in [2.75, 3.05) is 5.32 Å². The van der Waals surface area contributed by atoms with Gasteiger partial charge in [0.2, 0.25) is 0 Å². The Morgan fingerprint density at radius 2 is 1.12 bits per heavy atom. The molecule has 2 N–H and O–H groups in total. The Hall–Kier alpha value is -2.48. The molecule has 4 nitrogen and oxygen atoms in total. The summed E-state index contributed by atoms with van der Waals surface area (Å²) in [4.78, 5) is 24.1. The maximum atomic E-state index is 10.8. The molecule has 0 atom stereocenters. The van der Waals surface area contributed by atoms with Gasteiger partial charge < -0.3 is 10.3 Å². The maximum Gasteiger partial charge on any atom is 0.298 e. The molecule has 0 bridgehead atoms. The van der Waals surface area contributed by atoms with Crippen molar-refractivity contribution < 1.29 is 9.59 Å². The zero-order chi connectivity index (χ0) is 17.7. The Labute approximate surface area is 157 Å². The number of aromatic amines is 1. The number of carbonyl (C=O) groups excluding carboxylic acids is 2. The van der Waals surface area contributed by atoms with E-state index in [1.807, 2.05) is 68.7 Å². The van der Waals surface area contributed by atoms with Crippen molar-refractivity contribution in [3.05, 3.63) is 86.6 Å². The second kappa shape index (κ2) is 11.1. The van der Waals surface area contributed by atoms with Crippen LogP contribution in [0.4, 0.5) is 5.69 Å². The van der Waals surface area contributed by atoms with Crippen molar-refractivity contribution in [2.24, 2.45) is 0 Å². The Bertz CT molecular complexity index is 706. The van der Waals surface area contributed by atoms with Gasteiger partial charge in [0.25, 0.3) is 11.7 Å². The highest BCUT2D eigenvalue weighted by Gasteiger charge is 2.28. The van der Waals surface area contributed by atoms with Crippen molar-refractivity contribution in [3.8, 4) is 0 Å². The summed E-state index contributed by atoms with van der Waals surface area (Å²) in [5, 5.41) is 14.7. The first-order chi connectivity index (χ1) is 12.3. The summed E-state index contributed by atoms with van der Waals surface area (Å²) in [7, 11) is 0. The van der Waals surface area contributed by atoms with Crippen molar-refractivity contribution in [3.63, 3.8) is 0 Å². The maximum absolute atomic E-state index is 10.8. The molecule has 0 spiro atoms. The summed E-state index contributed by atoms with van der Waals surface area (Å²) in [6, 6.07) is 13.8. The van der Waals surface area contributed by atoms with E-state index in [0.29, 0.717) is 11.4 Å². The molecule has 4 aromatic heterocycles. The minimum absolute atomic E-state index is 0.366. The van der Waals surface area contributed by atoms with Crippen LogP contribution in [-0.2, 0) is 4.79 Å². The first-order valence-corrected chi connectivity index (χ1v) is 10.1. The zero-order valence-electron chi connectivity index (χ0n) is 13.1. The lowest BCUT2D eigenvalue weighted by Crippen LogP contribution is -2.13.